The van der Waals surface area contributed by atoms with E-state index in [0.29, 0.717) is 16.9 Å². The predicted molar refractivity (Wildman–Crippen MR) is 119 cm³/mol. The van der Waals surface area contributed by atoms with Crippen molar-refractivity contribution in [1.29, 1.82) is 0 Å². The van der Waals surface area contributed by atoms with Gasteiger partial charge in [-0.1, -0.05) is 24.6 Å². The number of anilines is 2. The van der Waals surface area contributed by atoms with Gasteiger partial charge >= 0.3 is 0 Å². The first-order valence-electron chi connectivity index (χ1n) is 9.74. The molecule has 2 unspecified atom stereocenters. The molecule has 0 saturated carbocycles. The number of rotatable bonds is 7. The number of carbonyl (C=O) groups excluding carboxylic acids is 2. The topological polar surface area (TPSA) is 104 Å². The van der Waals surface area contributed by atoms with Crippen molar-refractivity contribution in [2.75, 3.05) is 16.4 Å². The molecule has 0 aromatic heterocycles. The van der Waals surface area contributed by atoms with Gasteiger partial charge in [-0.2, -0.15) is 0 Å². The highest BCUT2D eigenvalue weighted by Crippen LogP contribution is 2.29. The molecule has 0 spiro atoms. The highest BCUT2D eigenvalue weighted by molar-refractivity contribution is 7.90. The van der Waals surface area contributed by atoms with E-state index in [4.69, 9.17) is 11.6 Å². The van der Waals surface area contributed by atoms with Crippen LogP contribution in [0.15, 0.2) is 36.4 Å². The lowest BCUT2D eigenvalue weighted by Crippen LogP contribution is -2.43. The van der Waals surface area contributed by atoms with Crippen molar-refractivity contribution in [1.82, 2.24) is 5.32 Å². The van der Waals surface area contributed by atoms with Gasteiger partial charge in [-0.05, 0) is 49.2 Å². The molecule has 3 N–H and O–H groups in total. The fraction of sp³-hybridized carbons (Fsp3) is 0.333. The third-order valence-corrected chi connectivity index (χ3v) is 6.93. The minimum absolute atomic E-state index is 0.0122. The van der Waals surface area contributed by atoms with Gasteiger partial charge in [0.1, 0.15) is 11.9 Å². The molecule has 2 aromatic carbocycles. The molecule has 31 heavy (non-hydrogen) atoms. The van der Waals surface area contributed by atoms with Gasteiger partial charge in [0.25, 0.3) is 5.91 Å². The minimum atomic E-state index is -3.74. The third kappa shape index (κ3) is 5.74. The molecular formula is C21H23ClFN3O4S. The molecule has 1 aliphatic rings. The van der Waals surface area contributed by atoms with Crippen LogP contribution < -0.4 is 16.0 Å². The fourth-order valence-corrected chi connectivity index (χ4v) is 5.00. The largest absolute Gasteiger partial charge is 0.371 e. The first-order valence-corrected chi connectivity index (χ1v) is 11.9. The summed E-state index contributed by atoms with van der Waals surface area (Å²) in [7, 11) is -3.74. The molecule has 0 radical (unpaired) electrons. The normalized spacial score (nSPS) is 16.6. The summed E-state index contributed by atoms with van der Waals surface area (Å²) in [6.45, 7) is 3.85. The molecule has 2 atom stereocenters. The molecule has 0 saturated heterocycles. The highest BCUT2D eigenvalue weighted by Gasteiger charge is 2.31. The Labute approximate surface area is 185 Å². The van der Waals surface area contributed by atoms with Crippen LogP contribution in [0.1, 0.15) is 36.2 Å². The van der Waals surface area contributed by atoms with Gasteiger partial charge in [-0.3, -0.25) is 9.59 Å². The first kappa shape index (κ1) is 23.0. The lowest BCUT2D eigenvalue weighted by atomic mass is 10.1. The molecule has 0 bridgehead atoms. The van der Waals surface area contributed by atoms with Crippen LogP contribution in [-0.4, -0.2) is 38.1 Å². The van der Waals surface area contributed by atoms with Crippen LogP contribution in [0.25, 0.3) is 0 Å². The maximum absolute atomic E-state index is 13.2. The number of carbonyl (C=O) groups is 2. The van der Waals surface area contributed by atoms with Crippen LogP contribution in [0.4, 0.5) is 15.8 Å². The molecule has 0 aliphatic carbocycles. The van der Waals surface area contributed by atoms with Crippen LogP contribution in [0.3, 0.4) is 0 Å². The number of halogens is 2. The van der Waals surface area contributed by atoms with Crippen LogP contribution in [0, 0.1) is 5.82 Å². The zero-order chi connectivity index (χ0) is 22.8. The van der Waals surface area contributed by atoms with Crippen molar-refractivity contribution in [3.8, 4) is 0 Å². The zero-order valence-corrected chi connectivity index (χ0v) is 18.6. The van der Waals surface area contributed by atoms with Gasteiger partial charge in [0.2, 0.25) is 5.91 Å². The number of hydrogen-bond acceptors (Lipinski definition) is 5. The standard InChI is InChI=1S/C21H23ClFN3O4S/c1-3-12(2)24-20(27)13-5-7-17-18(8-13)26-21(28)19(25-17)11-31(29,30)10-14-4-6-15(23)9-16(14)22/h4-9,12,19,25H,3,10-11H2,1-2H3,(H,24,27)(H,26,28). The van der Waals surface area contributed by atoms with Gasteiger partial charge in [-0.25, -0.2) is 12.8 Å². The van der Waals surface area contributed by atoms with E-state index in [-0.39, 0.29) is 22.5 Å². The second-order valence-corrected chi connectivity index (χ2v) is 10.0. The lowest BCUT2D eigenvalue weighted by molar-refractivity contribution is -0.116. The molecule has 2 aromatic rings. The quantitative estimate of drug-likeness (QED) is 0.579. The molecule has 0 fully saturated rings. The number of fused-ring (bicyclic) bond motifs is 1. The highest BCUT2D eigenvalue weighted by atomic mass is 35.5. The minimum Gasteiger partial charge on any atom is -0.371 e. The number of benzene rings is 2. The Morgan fingerprint density at radius 2 is 1.97 bits per heavy atom. The Balaban J connectivity index is 1.72. The Morgan fingerprint density at radius 1 is 1.23 bits per heavy atom. The molecule has 1 aliphatic heterocycles. The Hall–Kier alpha value is -2.65. The Morgan fingerprint density at radius 3 is 2.65 bits per heavy atom. The van der Waals surface area contributed by atoms with Crippen LogP contribution >= 0.6 is 11.6 Å². The zero-order valence-electron chi connectivity index (χ0n) is 17.0. The summed E-state index contributed by atoms with van der Waals surface area (Å²) in [4.78, 5) is 24.8. The van der Waals surface area contributed by atoms with E-state index in [2.05, 4.69) is 16.0 Å². The molecule has 7 nitrogen and oxygen atoms in total. The van der Waals surface area contributed by atoms with Crippen molar-refractivity contribution in [2.45, 2.75) is 38.1 Å². The maximum Gasteiger partial charge on any atom is 0.251 e. The smallest absolute Gasteiger partial charge is 0.251 e. The molecule has 3 rings (SSSR count). The summed E-state index contributed by atoms with van der Waals surface area (Å²) >= 11 is 5.92. The van der Waals surface area contributed by atoms with Crippen LogP contribution in [0.5, 0.6) is 0 Å². The van der Waals surface area contributed by atoms with Crippen LogP contribution in [-0.2, 0) is 20.4 Å². The number of amides is 2. The van der Waals surface area contributed by atoms with E-state index in [1.165, 1.54) is 6.07 Å². The number of hydrogen-bond donors (Lipinski definition) is 3. The average Bonchev–Trinajstić information content (AvgIpc) is 2.70. The summed E-state index contributed by atoms with van der Waals surface area (Å²) in [6, 6.07) is 7.25. The number of sulfone groups is 1. The summed E-state index contributed by atoms with van der Waals surface area (Å²) in [6.07, 6.45) is 0.786. The summed E-state index contributed by atoms with van der Waals surface area (Å²) in [5, 5.41) is 8.43. The van der Waals surface area contributed by atoms with Gasteiger partial charge in [0, 0.05) is 16.6 Å². The van der Waals surface area contributed by atoms with Gasteiger partial charge in [-0.15, -0.1) is 0 Å². The van der Waals surface area contributed by atoms with E-state index >= 15 is 0 Å². The molecule has 1 heterocycles. The summed E-state index contributed by atoms with van der Waals surface area (Å²) < 4.78 is 38.4. The average molecular weight is 468 g/mol. The molecular weight excluding hydrogens is 445 g/mol. The predicted octanol–water partition coefficient (Wildman–Crippen LogP) is 3.36. The first-order chi connectivity index (χ1) is 14.6. The summed E-state index contributed by atoms with van der Waals surface area (Å²) in [5.74, 6) is -2.23. The van der Waals surface area contributed by atoms with Gasteiger partial charge in [0.05, 0.1) is 22.9 Å². The van der Waals surface area contributed by atoms with E-state index in [1.807, 2.05) is 13.8 Å². The molecule has 10 heteroatoms. The summed E-state index contributed by atoms with van der Waals surface area (Å²) in [5.41, 5.74) is 1.56. The Kier molecular flexibility index (Phi) is 6.86. The monoisotopic (exact) mass is 467 g/mol. The number of nitrogens with one attached hydrogen (secondary N) is 3. The second-order valence-electron chi connectivity index (χ2n) is 7.52. The fourth-order valence-electron chi connectivity index (χ4n) is 3.10. The van der Waals surface area contributed by atoms with E-state index in [1.54, 1.807) is 18.2 Å². The Bertz CT molecular complexity index is 1120. The maximum atomic E-state index is 13.2. The van der Waals surface area contributed by atoms with Gasteiger partial charge in [0.15, 0.2) is 9.84 Å². The van der Waals surface area contributed by atoms with Crippen molar-refractivity contribution < 1.29 is 22.4 Å². The third-order valence-electron chi connectivity index (χ3n) is 4.99. The van der Waals surface area contributed by atoms with E-state index < -0.39 is 39.1 Å². The van der Waals surface area contributed by atoms with Crippen molar-refractivity contribution >= 4 is 44.6 Å². The lowest BCUT2D eigenvalue weighted by Gasteiger charge is -2.27. The second kappa shape index (κ2) is 9.23. The molecule has 2 amide bonds. The SMILES string of the molecule is CCC(C)NC(=O)c1ccc2c(c1)NC(=O)C(CS(=O)(=O)Cc1ccc(F)cc1Cl)N2. The van der Waals surface area contributed by atoms with Crippen molar-refractivity contribution in [2.24, 2.45) is 0 Å². The van der Waals surface area contributed by atoms with Crippen molar-refractivity contribution in [3.63, 3.8) is 0 Å². The van der Waals surface area contributed by atoms with E-state index in [0.717, 1.165) is 18.6 Å². The van der Waals surface area contributed by atoms with Gasteiger partial charge < -0.3 is 16.0 Å². The van der Waals surface area contributed by atoms with Crippen molar-refractivity contribution in [3.05, 3.63) is 58.4 Å². The van der Waals surface area contributed by atoms with Crippen LogP contribution in [0.2, 0.25) is 5.02 Å². The molecule has 166 valence electrons. The van der Waals surface area contributed by atoms with E-state index in [9.17, 15) is 22.4 Å².